The van der Waals surface area contributed by atoms with Crippen LogP contribution in [-0.4, -0.2) is 12.8 Å². The predicted molar refractivity (Wildman–Crippen MR) is 32.9 cm³/mol. The average Bonchev–Trinajstić information content (AvgIpc) is 2.20. The summed E-state index contributed by atoms with van der Waals surface area (Å²) in [6, 6.07) is 0. The van der Waals surface area contributed by atoms with Crippen LogP contribution in [0.5, 0.6) is 0 Å². The molecule has 0 spiro atoms. The van der Waals surface area contributed by atoms with Crippen molar-refractivity contribution in [3.8, 4) is 0 Å². The Labute approximate surface area is 54.3 Å². The highest BCUT2D eigenvalue weighted by Gasteiger charge is 2.15. The maximum atomic E-state index is 9.95. The highest BCUT2D eigenvalue weighted by Crippen LogP contribution is 2.05. The second-order valence-corrected chi connectivity index (χ2v) is 1.18. The van der Waals surface area contributed by atoms with E-state index in [1.807, 2.05) is 13.8 Å². The molecule has 0 saturated carbocycles. The number of hydrogen-bond acceptors (Lipinski definition) is 3. The number of cyclic esters (lactones) is 2. The van der Waals surface area contributed by atoms with Gasteiger partial charge in [0.05, 0.1) is 0 Å². The minimum absolute atomic E-state index is 0.207. The topological polar surface area (TPSA) is 35.5 Å². The first-order valence-corrected chi connectivity index (χ1v) is 2.81. The Kier molecular flexibility index (Phi) is 3.51. The normalized spacial score (nSPS) is 15.3. The van der Waals surface area contributed by atoms with Gasteiger partial charge in [0.15, 0.2) is 6.61 Å². The van der Waals surface area contributed by atoms with Crippen LogP contribution in [0.15, 0.2) is 12.3 Å². The molecular formula is C6H10O3. The molecule has 0 aromatic carbocycles. The maximum Gasteiger partial charge on any atom is 0.514 e. The molecule has 1 heterocycles. The summed E-state index contributed by atoms with van der Waals surface area (Å²) in [7, 11) is 0. The quantitative estimate of drug-likeness (QED) is 0.468. The van der Waals surface area contributed by atoms with Crippen molar-refractivity contribution < 1.29 is 14.3 Å². The van der Waals surface area contributed by atoms with E-state index in [4.69, 9.17) is 0 Å². The lowest BCUT2D eigenvalue weighted by Gasteiger charge is -1.80. The summed E-state index contributed by atoms with van der Waals surface area (Å²) < 4.78 is 8.61. The lowest BCUT2D eigenvalue weighted by atomic mass is 10.6. The van der Waals surface area contributed by atoms with Crippen molar-refractivity contribution in [3.63, 3.8) is 0 Å². The van der Waals surface area contributed by atoms with Crippen molar-refractivity contribution >= 4 is 6.16 Å². The molecule has 9 heavy (non-hydrogen) atoms. The Morgan fingerprint density at radius 1 is 1.56 bits per heavy atom. The Morgan fingerprint density at radius 3 is 2.22 bits per heavy atom. The Hall–Kier alpha value is -0.990. The minimum atomic E-state index is -0.648. The van der Waals surface area contributed by atoms with Crippen molar-refractivity contribution in [1.29, 1.82) is 0 Å². The van der Waals surface area contributed by atoms with Gasteiger partial charge in [-0.1, -0.05) is 20.4 Å². The van der Waals surface area contributed by atoms with Crippen LogP contribution in [0.4, 0.5) is 4.79 Å². The van der Waals surface area contributed by atoms with Crippen LogP contribution < -0.4 is 0 Å². The summed E-state index contributed by atoms with van der Waals surface area (Å²) in [5.74, 6) is 0.380. The number of carbonyl (C=O) groups excluding carboxylic acids is 1. The highest BCUT2D eigenvalue weighted by molar-refractivity contribution is 5.63. The van der Waals surface area contributed by atoms with Gasteiger partial charge in [0.25, 0.3) is 0 Å². The number of carbonyl (C=O) groups is 1. The molecule has 52 valence electrons. The minimum Gasteiger partial charge on any atom is -0.426 e. The van der Waals surface area contributed by atoms with Crippen LogP contribution in [-0.2, 0) is 9.47 Å². The number of rotatable bonds is 0. The van der Waals surface area contributed by atoms with E-state index in [-0.39, 0.29) is 6.61 Å². The van der Waals surface area contributed by atoms with Crippen molar-refractivity contribution in [2.24, 2.45) is 0 Å². The van der Waals surface area contributed by atoms with Crippen molar-refractivity contribution in [3.05, 3.63) is 12.3 Å². The Bertz CT molecular complexity index is 103. The molecular weight excluding hydrogens is 120 g/mol. The summed E-state index contributed by atoms with van der Waals surface area (Å²) in [5.41, 5.74) is 0. The zero-order chi connectivity index (χ0) is 7.28. The third-order valence-corrected chi connectivity index (χ3v) is 0.579. The molecule has 1 aliphatic heterocycles. The van der Waals surface area contributed by atoms with Gasteiger partial charge in [0.2, 0.25) is 0 Å². The Morgan fingerprint density at radius 2 is 2.11 bits per heavy atom. The Balaban J connectivity index is 0.000000291. The molecule has 1 rings (SSSR count). The fraction of sp³-hybridized carbons (Fsp3) is 0.500. The summed E-state index contributed by atoms with van der Waals surface area (Å²) in [6.07, 6.45) is -0.648. The summed E-state index contributed by atoms with van der Waals surface area (Å²) >= 11 is 0. The first-order valence-electron chi connectivity index (χ1n) is 2.81. The van der Waals surface area contributed by atoms with Gasteiger partial charge in [0.1, 0.15) is 5.76 Å². The van der Waals surface area contributed by atoms with Crippen LogP contribution in [0.3, 0.4) is 0 Å². The molecule has 1 saturated heterocycles. The molecule has 0 amide bonds. The van der Waals surface area contributed by atoms with E-state index in [9.17, 15) is 4.79 Å². The molecule has 0 aromatic rings. The first kappa shape index (κ1) is 8.01. The molecule has 0 atom stereocenters. The van der Waals surface area contributed by atoms with Crippen molar-refractivity contribution in [2.45, 2.75) is 13.8 Å². The molecule has 1 fully saturated rings. The van der Waals surface area contributed by atoms with Gasteiger partial charge in [-0.05, 0) is 0 Å². The maximum absolute atomic E-state index is 9.95. The van der Waals surface area contributed by atoms with Gasteiger partial charge in [-0.3, -0.25) is 0 Å². The zero-order valence-electron chi connectivity index (χ0n) is 5.64. The molecule has 3 heteroatoms. The molecule has 0 aliphatic carbocycles. The van der Waals surface area contributed by atoms with Crippen LogP contribution in [0, 0.1) is 0 Å². The molecule has 0 unspecified atom stereocenters. The molecule has 0 aromatic heterocycles. The van der Waals surface area contributed by atoms with E-state index in [1.54, 1.807) is 0 Å². The van der Waals surface area contributed by atoms with E-state index in [0.29, 0.717) is 5.76 Å². The third-order valence-electron chi connectivity index (χ3n) is 0.579. The van der Waals surface area contributed by atoms with Crippen molar-refractivity contribution in [2.75, 3.05) is 6.61 Å². The van der Waals surface area contributed by atoms with Crippen LogP contribution >= 0.6 is 0 Å². The largest absolute Gasteiger partial charge is 0.514 e. The fourth-order valence-electron chi connectivity index (χ4n) is 0.316. The standard InChI is InChI=1S/C4H4O3.C2H6/c1-3-2-6-4(5)7-3;1-2/h1-2H2;1-2H3. The first-order chi connectivity index (χ1) is 4.29. The van der Waals surface area contributed by atoms with Gasteiger partial charge >= 0.3 is 6.16 Å². The van der Waals surface area contributed by atoms with E-state index in [2.05, 4.69) is 16.1 Å². The summed E-state index contributed by atoms with van der Waals surface area (Å²) in [4.78, 5) is 9.95. The second-order valence-electron chi connectivity index (χ2n) is 1.18. The van der Waals surface area contributed by atoms with Crippen LogP contribution in [0.1, 0.15) is 13.8 Å². The molecule has 0 radical (unpaired) electrons. The van der Waals surface area contributed by atoms with Crippen LogP contribution in [0.25, 0.3) is 0 Å². The highest BCUT2D eigenvalue weighted by atomic mass is 16.8. The van der Waals surface area contributed by atoms with Gasteiger partial charge < -0.3 is 9.47 Å². The molecule has 1 aliphatic rings. The zero-order valence-corrected chi connectivity index (χ0v) is 5.64. The van der Waals surface area contributed by atoms with Crippen LogP contribution in [0.2, 0.25) is 0 Å². The second kappa shape index (κ2) is 3.95. The van der Waals surface area contributed by atoms with Gasteiger partial charge in [0, 0.05) is 0 Å². The van der Waals surface area contributed by atoms with Crippen molar-refractivity contribution in [1.82, 2.24) is 0 Å². The summed E-state index contributed by atoms with van der Waals surface area (Å²) in [6.45, 7) is 7.54. The van der Waals surface area contributed by atoms with E-state index < -0.39 is 6.16 Å². The van der Waals surface area contributed by atoms with E-state index in [0.717, 1.165) is 0 Å². The molecule has 0 N–H and O–H groups in total. The fourth-order valence-corrected chi connectivity index (χ4v) is 0.316. The molecule has 0 bridgehead atoms. The van der Waals surface area contributed by atoms with Gasteiger partial charge in [-0.15, -0.1) is 0 Å². The SMILES string of the molecule is C=C1COC(=O)O1.CC. The smallest absolute Gasteiger partial charge is 0.426 e. The van der Waals surface area contributed by atoms with E-state index in [1.165, 1.54) is 0 Å². The van der Waals surface area contributed by atoms with Gasteiger partial charge in [-0.2, -0.15) is 0 Å². The third kappa shape index (κ3) is 2.74. The average molecular weight is 130 g/mol. The number of hydrogen-bond donors (Lipinski definition) is 0. The molecule has 3 nitrogen and oxygen atoms in total. The lowest BCUT2D eigenvalue weighted by molar-refractivity contribution is 0.136. The predicted octanol–water partition coefficient (Wildman–Crippen LogP) is 1.69. The summed E-state index contributed by atoms with van der Waals surface area (Å²) in [5, 5.41) is 0. The van der Waals surface area contributed by atoms with Gasteiger partial charge in [-0.25, -0.2) is 4.79 Å². The van der Waals surface area contributed by atoms with E-state index >= 15 is 0 Å². The lowest BCUT2D eigenvalue weighted by Crippen LogP contribution is -1.88. The number of ether oxygens (including phenoxy) is 2. The monoisotopic (exact) mass is 130 g/mol.